The van der Waals surface area contributed by atoms with Gasteiger partial charge in [0.15, 0.2) is 0 Å². The smallest absolute Gasteiger partial charge is 0.312 e. The average Bonchev–Trinajstić information content (AvgIpc) is 2.93. The van der Waals surface area contributed by atoms with Crippen LogP contribution in [0, 0.1) is 0 Å². The molecule has 106 valence electrons. The van der Waals surface area contributed by atoms with Gasteiger partial charge in [0.2, 0.25) is 0 Å². The SMILES string of the molecule is O=C(O)C(Cc1cccc(Cl)c1)c1ncnc2ccsc12. The molecule has 4 nitrogen and oxygen atoms in total. The van der Waals surface area contributed by atoms with Gasteiger partial charge in [-0.2, -0.15) is 0 Å². The Morgan fingerprint density at radius 3 is 2.95 bits per heavy atom. The molecule has 21 heavy (non-hydrogen) atoms. The Bertz CT molecular complexity index is 803. The number of benzene rings is 1. The normalized spacial score (nSPS) is 12.4. The van der Waals surface area contributed by atoms with Crippen molar-refractivity contribution in [2.75, 3.05) is 0 Å². The molecule has 0 spiro atoms. The molecule has 1 aromatic carbocycles. The van der Waals surface area contributed by atoms with E-state index < -0.39 is 11.9 Å². The molecule has 2 aromatic heterocycles. The lowest BCUT2D eigenvalue weighted by Crippen LogP contribution is -2.16. The summed E-state index contributed by atoms with van der Waals surface area (Å²) in [5, 5.41) is 12.1. The molecule has 0 saturated carbocycles. The number of fused-ring (bicyclic) bond motifs is 1. The lowest BCUT2D eigenvalue weighted by atomic mass is 9.96. The van der Waals surface area contributed by atoms with Crippen LogP contribution >= 0.6 is 22.9 Å². The van der Waals surface area contributed by atoms with Crippen LogP contribution < -0.4 is 0 Å². The van der Waals surface area contributed by atoms with Crippen molar-refractivity contribution in [3.05, 3.63) is 58.3 Å². The highest BCUT2D eigenvalue weighted by molar-refractivity contribution is 7.17. The van der Waals surface area contributed by atoms with Gasteiger partial charge < -0.3 is 5.11 Å². The van der Waals surface area contributed by atoms with Crippen molar-refractivity contribution in [3.8, 4) is 0 Å². The summed E-state index contributed by atoms with van der Waals surface area (Å²) in [5.41, 5.74) is 2.21. The predicted octanol–water partition coefficient (Wildman–Crippen LogP) is 3.76. The van der Waals surface area contributed by atoms with Gasteiger partial charge in [0.05, 0.1) is 15.9 Å². The lowest BCUT2D eigenvalue weighted by Gasteiger charge is -2.12. The van der Waals surface area contributed by atoms with Gasteiger partial charge in [0, 0.05) is 5.02 Å². The Morgan fingerprint density at radius 1 is 1.33 bits per heavy atom. The molecule has 0 aliphatic rings. The molecule has 0 amide bonds. The molecule has 0 radical (unpaired) electrons. The van der Waals surface area contributed by atoms with E-state index in [1.54, 1.807) is 12.1 Å². The van der Waals surface area contributed by atoms with Gasteiger partial charge in [-0.3, -0.25) is 4.79 Å². The van der Waals surface area contributed by atoms with Gasteiger partial charge in [-0.25, -0.2) is 9.97 Å². The molecular formula is C15H11ClN2O2S. The van der Waals surface area contributed by atoms with Crippen LogP contribution in [0.5, 0.6) is 0 Å². The fraction of sp³-hybridized carbons (Fsp3) is 0.133. The zero-order valence-corrected chi connectivity index (χ0v) is 12.4. The third-order valence-corrected chi connectivity index (χ3v) is 4.39. The molecule has 3 aromatic rings. The van der Waals surface area contributed by atoms with Crippen molar-refractivity contribution >= 4 is 39.1 Å². The van der Waals surface area contributed by atoms with E-state index in [9.17, 15) is 9.90 Å². The van der Waals surface area contributed by atoms with Crippen LogP contribution in [-0.4, -0.2) is 21.0 Å². The van der Waals surface area contributed by atoms with E-state index in [1.807, 2.05) is 23.6 Å². The summed E-state index contributed by atoms with van der Waals surface area (Å²) in [7, 11) is 0. The second-order valence-corrected chi connectivity index (χ2v) is 5.97. The summed E-state index contributed by atoms with van der Waals surface area (Å²) in [6.07, 6.45) is 1.76. The standard InChI is InChI=1S/C15H11ClN2O2S/c16-10-3-1-2-9(6-10)7-11(15(19)20)13-14-12(4-5-21-14)17-8-18-13/h1-6,8,11H,7H2,(H,19,20). The van der Waals surface area contributed by atoms with E-state index >= 15 is 0 Å². The van der Waals surface area contributed by atoms with Gasteiger partial charge in [-0.15, -0.1) is 11.3 Å². The minimum Gasteiger partial charge on any atom is -0.481 e. The number of aromatic nitrogens is 2. The molecule has 1 atom stereocenters. The largest absolute Gasteiger partial charge is 0.481 e. The van der Waals surface area contributed by atoms with Crippen LogP contribution in [0.3, 0.4) is 0 Å². The first-order valence-corrected chi connectivity index (χ1v) is 7.56. The zero-order chi connectivity index (χ0) is 14.8. The predicted molar refractivity (Wildman–Crippen MR) is 82.9 cm³/mol. The molecule has 1 unspecified atom stereocenters. The first-order valence-electron chi connectivity index (χ1n) is 6.30. The summed E-state index contributed by atoms with van der Waals surface area (Å²) < 4.78 is 0.826. The second-order valence-electron chi connectivity index (χ2n) is 4.62. The van der Waals surface area contributed by atoms with E-state index in [0.717, 1.165) is 15.8 Å². The minimum atomic E-state index is -0.900. The third-order valence-electron chi connectivity index (χ3n) is 3.23. The third kappa shape index (κ3) is 2.89. The highest BCUT2D eigenvalue weighted by Crippen LogP contribution is 2.29. The minimum absolute atomic E-state index is 0.347. The van der Waals surface area contributed by atoms with Gasteiger partial charge >= 0.3 is 5.97 Å². The van der Waals surface area contributed by atoms with Crippen LogP contribution in [0.2, 0.25) is 5.02 Å². The quantitative estimate of drug-likeness (QED) is 0.795. The monoisotopic (exact) mass is 318 g/mol. The summed E-state index contributed by atoms with van der Waals surface area (Å²) >= 11 is 7.42. The van der Waals surface area contributed by atoms with Crippen molar-refractivity contribution in [1.29, 1.82) is 0 Å². The number of carboxylic acid groups (broad SMARTS) is 1. The van der Waals surface area contributed by atoms with E-state index in [-0.39, 0.29) is 0 Å². The number of thiophene rings is 1. The maximum absolute atomic E-state index is 11.7. The fourth-order valence-electron chi connectivity index (χ4n) is 2.26. The Hall–Kier alpha value is -1.98. The van der Waals surface area contributed by atoms with Crippen molar-refractivity contribution in [2.45, 2.75) is 12.3 Å². The first-order chi connectivity index (χ1) is 10.1. The van der Waals surface area contributed by atoms with Crippen LogP contribution in [0.15, 0.2) is 42.0 Å². The lowest BCUT2D eigenvalue weighted by molar-refractivity contribution is -0.138. The van der Waals surface area contributed by atoms with Gasteiger partial charge in [-0.1, -0.05) is 23.7 Å². The number of carboxylic acids is 1. The maximum atomic E-state index is 11.7. The molecule has 0 aliphatic heterocycles. The molecular weight excluding hydrogens is 308 g/mol. The molecule has 2 heterocycles. The number of hydrogen-bond donors (Lipinski definition) is 1. The number of halogens is 1. The zero-order valence-electron chi connectivity index (χ0n) is 10.9. The fourth-order valence-corrected chi connectivity index (χ4v) is 3.36. The van der Waals surface area contributed by atoms with Gasteiger partial charge in [-0.05, 0) is 35.6 Å². The molecule has 3 rings (SSSR count). The number of nitrogens with zero attached hydrogens (tertiary/aromatic N) is 2. The molecule has 0 fully saturated rings. The summed E-state index contributed by atoms with van der Waals surface area (Å²) in [6, 6.07) is 9.10. The highest BCUT2D eigenvalue weighted by Gasteiger charge is 2.24. The number of rotatable bonds is 4. The van der Waals surface area contributed by atoms with Crippen molar-refractivity contribution in [2.24, 2.45) is 0 Å². The van der Waals surface area contributed by atoms with E-state index in [0.29, 0.717) is 17.1 Å². The van der Waals surface area contributed by atoms with Crippen molar-refractivity contribution in [1.82, 2.24) is 9.97 Å². The van der Waals surface area contributed by atoms with Crippen molar-refractivity contribution < 1.29 is 9.90 Å². The maximum Gasteiger partial charge on any atom is 0.312 e. The first kappa shape index (κ1) is 14.0. The number of aliphatic carboxylic acids is 1. The molecule has 0 aliphatic carbocycles. The summed E-state index contributed by atoms with van der Waals surface area (Å²) in [4.78, 5) is 20.0. The Morgan fingerprint density at radius 2 is 2.19 bits per heavy atom. The van der Waals surface area contributed by atoms with Crippen LogP contribution in [0.1, 0.15) is 17.2 Å². The number of hydrogen-bond acceptors (Lipinski definition) is 4. The summed E-state index contributed by atoms with van der Waals surface area (Å²) in [6.45, 7) is 0. The topological polar surface area (TPSA) is 63.1 Å². The van der Waals surface area contributed by atoms with E-state index in [2.05, 4.69) is 9.97 Å². The van der Waals surface area contributed by atoms with Crippen LogP contribution in [0.25, 0.3) is 10.2 Å². The van der Waals surface area contributed by atoms with Gasteiger partial charge in [0.25, 0.3) is 0 Å². The Labute approximate surface area is 130 Å². The molecule has 0 bridgehead atoms. The second kappa shape index (κ2) is 5.79. The van der Waals surface area contributed by atoms with Crippen LogP contribution in [0.4, 0.5) is 0 Å². The molecule has 0 saturated heterocycles. The summed E-state index contributed by atoms with van der Waals surface area (Å²) in [5.74, 6) is -1.61. The number of carbonyl (C=O) groups is 1. The average molecular weight is 319 g/mol. The molecule has 6 heteroatoms. The van der Waals surface area contributed by atoms with E-state index in [1.165, 1.54) is 17.7 Å². The highest BCUT2D eigenvalue weighted by atomic mass is 35.5. The Balaban J connectivity index is 2.02. The van der Waals surface area contributed by atoms with Gasteiger partial charge in [0.1, 0.15) is 12.2 Å². The van der Waals surface area contributed by atoms with E-state index in [4.69, 9.17) is 11.6 Å². The molecule has 1 N–H and O–H groups in total. The van der Waals surface area contributed by atoms with Crippen molar-refractivity contribution in [3.63, 3.8) is 0 Å². The van der Waals surface area contributed by atoms with Crippen LogP contribution in [-0.2, 0) is 11.2 Å². The Kier molecular flexibility index (Phi) is 3.86.